The summed E-state index contributed by atoms with van der Waals surface area (Å²) < 4.78 is 8.85. The summed E-state index contributed by atoms with van der Waals surface area (Å²) in [6, 6.07) is 6.46. The van der Waals surface area contributed by atoms with Crippen LogP contribution in [0.3, 0.4) is 0 Å². The zero-order valence-corrected chi connectivity index (χ0v) is 12.2. The van der Waals surface area contributed by atoms with Gasteiger partial charge in [0.25, 0.3) is 0 Å². The maximum absolute atomic E-state index is 5.57. The molecule has 0 atom stereocenters. The molecule has 98 valence electrons. The Hall–Kier alpha value is -1.29. The van der Waals surface area contributed by atoms with E-state index in [1.165, 1.54) is 29.7 Å². The van der Waals surface area contributed by atoms with Crippen molar-refractivity contribution in [2.45, 2.75) is 32.2 Å². The summed E-state index contributed by atoms with van der Waals surface area (Å²) in [5, 5.41) is 0. The lowest BCUT2D eigenvalue weighted by Crippen LogP contribution is -2.10. The fourth-order valence-electron chi connectivity index (χ4n) is 3.06. The Bertz CT molecular complexity index is 648. The van der Waals surface area contributed by atoms with Crippen LogP contribution in [0.2, 0.25) is 0 Å². The van der Waals surface area contributed by atoms with Gasteiger partial charge in [-0.05, 0) is 59.0 Å². The topological polar surface area (TPSA) is 27.1 Å². The minimum atomic E-state index is 0.809. The summed E-state index contributed by atoms with van der Waals surface area (Å²) in [7, 11) is 0. The average molecular weight is 319 g/mol. The van der Waals surface area contributed by atoms with Crippen LogP contribution in [0.25, 0.3) is 11.3 Å². The summed E-state index contributed by atoms with van der Waals surface area (Å²) in [6.07, 6.45) is 4.65. The number of benzene rings is 1. The quantitative estimate of drug-likeness (QED) is 0.803. The number of hydrogen-bond donors (Lipinski definition) is 0. The molecule has 1 aromatic carbocycles. The molecule has 0 aliphatic carbocycles. The molecular weight excluding hydrogens is 304 g/mol. The highest BCUT2D eigenvalue weighted by Gasteiger charge is 2.21. The molecule has 0 fully saturated rings. The number of fused-ring (bicyclic) bond motifs is 2. The van der Waals surface area contributed by atoms with Crippen molar-refractivity contribution >= 4 is 15.9 Å². The third-order valence-corrected chi connectivity index (χ3v) is 4.64. The molecule has 2 aliphatic heterocycles. The van der Waals surface area contributed by atoms with Gasteiger partial charge >= 0.3 is 0 Å². The fourth-order valence-corrected chi connectivity index (χ4v) is 3.63. The Balaban J connectivity index is 1.84. The highest BCUT2D eigenvalue weighted by atomic mass is 79.9. The Kier molecular flexibility index (Phi) is 2.65. The second-order valence-electron chi connectivity index (χ2n) is 5.21. The molecule has 0 N–H and O–H groups in total. The van der Waals surface area contributed by atoms with Crippen molar-refractivity contribution in [2.24, 2.45) is 0 Å². The van der Waals surface area contributed by atoms with Gasteiger partial charge in [0.2, 0.25) is 0 Å². The van der Waals surface area contributed by atoms with Gasteiger partial charge in [0, 0.05) is 24.2 Å². The monoisotopic (exact) mass is 318 g/mol. The standard InChI is InChI=1S/C15H15BrN2O/c16-15-17-14(12-3-1-2-7-18(12)15)11-4-5-13-10(9-11)6-8-19-13/h4-5,9H,1-3,6-8H2. The first-order chi connectivity index (χ1) is 9.33. The molecule has 19 heavy (non-hydrogen) atoms. The van der Waals surface area contributed by atoms with Gasteiger partial charge in [-0.3, -0.25) is 0 Å². The molecule has 0 saturated heterocycles. The molecular formula is C15H15BrN2O. The Morgan fingerprint density at radius 2 is 2.16 bits per heavy atom. The van der Waals surface area contributed by atoms with Gasteiger partial charge in [-0.2, -0.15) is 0 Å². The van der Waals surface area contributed by atoms with Crippen LogP contribution in [0.5, 0.6) is 5.75 Å². The number of nitrogens with zero attached hydrogens (tertiary/aromatic N) is 2. The molecule has 0 unspecified atom stereocenters. The van der Waals surface area contributed by atoms with Gasteiger partial charge in [0.05, 0.1) is 12.3 Å². The van der Waals surface area contributed by atoms with Gasteiger partial charge < -0.3 is 9.30 Å². The average Bonchev–Trinajstić information content (AvgIpc) is 3.03. The zero-order valence-electron chi connectivity index (χ0n) is 10.7. The number of aromatic nitrogens is 2. The number of halogens is 1. The van der Waals surface area contributed by atoms with E-state index in [0.29, 0.717) is 0 Å². The molecule has 0 amide bonds. The summed E-state index contributed by atoms with van der Waals surface area (Å²) in [5.41, 5.74) is 5.05. The van der Waals surface area contributed by atoms with Crippen LogP contribution in [0.1, 0.15) is 24.1 Å². The maximum atomic E-state index is 5.57. The molecule has 0 radical (unpaired) electrons. The number of imidazole rings is 1. The van der Waals surface area contributed by atoms with Gasteiger partial charge in [-0.1, -0.05) is 0 Å². The summed E-state index contributed by atoms with van der Waals surface area (Å²) in [6.45, 7) is 1.89. The van der Waals surface area contributed by atoms with E-state index in [1.54, 1.807) is 0 Å². The Labute approximate surface area is 120 Å². The summed E-state index contributed by atoms with van der Waals surface area (Å²) in [4.78, 5) is 4.73. The second-order valence-corrected chi connectivity index (χ2v) is 5.92. The van der Waals surface area contributed by atoms with Gasteiger partial charge in [-0.25, -0.2) is 4.98 Å². The van der Waals surface area contributed by atoms with Crippen LogP contribution >= 0.6 is 15.9 Å². The lowest BCUT2D eigenvalue weighted by molar-refractivity contribution is 0.357. The van der Waals surface area contributed by atoms with Crippen LogP contribution in [-0.4, -0.2) is 16.2 Å². The van der Waals surface area contributed by atoms with E-state index in [9.17, 15) is 0 Å². The van der Waals surface area contributed by atoms with Crippen LogP contribution < -0.4 is 4.74 Å². The van der Waals surface area contributed by atoms with Crippen molar-refractivity contribution in [3.8, 4) is 17.0 Å². The first-order valence-corrected chi connectivity index (χ1v) is 7.63. The van der Waals surface area contributed by atoms with Crippen LogP contribution in [-0.2, 0) is 19.4 Å². The number of hydrogen-bond acceptors (Lipinski definition) is 2. The first kappa shape index (κ1) is 11.5. The minimum Gasteiger partial charge on any atom is -0.493 e. The largest absolute Gasteiger partial charge is 0.493 e. The highest BCUT2D eigenvalue weighted by Crippen LogP contribution is 2.34. The van der Waals surface area contributed by atoms with E-state index < -0.39 is 0 Å². The van der Waals surface area contributed by atoms with Crippen LogP contribution in [0.4, 0.5) is 0 Å². The third kappa shape index (κ3) is 1.81. The number of rotatable bonds is 1. The van der Waals surface area contributed by atoms with E-state index in [0.717, 1.165) is 42.2 Å². The van der Waals surface area contributed by atoms with Crippen molar-refractivity contribution < 1.29 is 4.74 Å². The van der Waals surface area contributed by atoms with Crippen molar-refractivity contribution in [3.05, 3.63) is 34.2 Å². The highest BCUT2D eigenvalue weighted by molar-refractivity contribution is 9.10. The molecule has 3 nitrogen and oxygen atoms in total. The lowest BCUT2D eigenvalue weighted by Gasteiger charge is -2.16. The molecule has 4 rings (SSSR count). The zero-order chi connectivity index (χ0) is 12.8. The predicted octanol–water partition coefficient (Wildman–Crippen LogP) is 3.58. The lowest BCUT2D eigenvalue weighted by atomic mass is 10.0. The van der Waals surface area contributed by atoms with E-state index >= 15 is 0 Å². The predicted molar refractivity (Wildman–Crippen MR) is 77.5 cm³/mol. The molecule has 1 aromatic heterocycles. The Morgan fingerprint density at radius 3 is 3.11 bits per heavy atom. The normalized spacial score (nSPS) is 16.9. The molecule has 2 aliphatic rings. The maximum Gasteiger partial charge on any atom is 0.177 e. The fraction of sp³-hybridized carbons (Fsp3) is 0.400. The molecule has 0 spiro atoms. The third-order valence-electron chi connectivity index (χ3n) is 4.03. The molecule has 2 aromatic rings. The van der Waals surface area contributed by atoms with Gasteiger partial charge in [-0.15, -0.1) is 0 Å². The first-order valence-electron chi connectivity index (χ1n) is 6.84. The second kappa shape index (κ2) is 4.37. The van der Waals surface area contributed by atoms with Gasteiger partial charge in [0.1, 0.15) is 5.75 Å². The van der Waals surface area contributed by atoms with E-state index in [4.69, 9.17) is 9.72 Å². The van der Waals surface area contributed by atoms with Crippen molar-refractivity contribution in [2.75, 3.05) is 6.61 Å². The van der Waals surface area contributed by atoms with E-state index in [1.807, 2.05) is 0 Å². The minimum absolute atomic E-state index is 0.809. The summed E-state index contributed by atoms with van der Waals surface area (Å²) in [5.74, 6) is 1.04. The molecule has 4 heteroatoms. The molecule has 0 saturated carbocycles. The van der Waals surface area contributed by atoms with Crippen molar-refractivity contribution in [3.63, 3.8) is 0 Å². The van der Waals surface area contributed by atoms with Crippen molar-refractivity contribution in [1.82, 2.24) is 9.55 Å². The molecule has 3 heterocycles. The van der Waals surface area contributed by atoms with Crippen LogP contribution in [0.15, 0.2) is 22.9 Å². The SMILES string of the molecule is Brc1nc(-c2ccc3c(c2)CCO3)c2n1CCCC2. The van der Waals surface area contributed by atoms with E-state index in [2.05, 4.69) is 38.7 Å². The van der Waals surface area contributed by atoms with E-state index in [-0.39, 0.29) is 0 Å². The van der Waals surface area contributed by atoms with Crippen LogP contribution in [0, 0.1) is 0 Å². The number of ether oxygens (including phenoxy) is 1. The Morgan fingerprint density at radius 1 is 1.21 bits per heavy atom. The van der Waals surface area contributed by atoms with Crippen molar-refractivity contribution in [1.29, 1.82) is 0 Å². The van der Waals surface area contributed by atoms with Gasteiger partial charge in [0.15, 0.2) is 4.73 Å². The smallest absolute Gasteiger partial charge is 0.177 e. The summed E-state index contributed by atoms with van der Waals surface area (Å²) >= 11 is 3.59. The molecule has 0 bridgehead atoms.